The monoisotopic (exact) mass is 414 g/mol. The van der Waals surface area contributed by atoms with E-state index in [9.17, 15) is 13.2 Å². The van der Waals surface area contributed by atoms with Gasteiger partial charge in [0.2, 0.25) is 21.1 Å². The summed E-state index contributed by atoms with van der Waals surface area (Å²) in [7, 11) is -2.18. The van der Waals surface area contributed by atoms with Crippen LogP contribution in [0, 0.1) is 5.92 Å². The zero-order valence-electron chi connectivity index (χ0n) is 15.0. The van der Waals surface area contributed by atoms with Crippen LogP contribution >= 0.6 is 23.1 Å². The number of aromatic nitrogens is 2. The number of sulfonamides is 1. The molecule has 0 radical (unpaired) electrons. The van der Waals surface area contributed by atoms with Crippen molar-refractivity contribution in [2.75, 3.05) is 24.4 Å². The minimum Gasteiger partial charge on any atom is -0.299 e. The van der Waals surface area contributed by atoms with Gasteiger partial charge >= 0.3 is 0 Å². The molecule has 1 N–H and O–H groups in total. The highest BCUT2D eigenvalue weighted by Crippen LogP contribution is 2.29. The van der Waals surface area contributed by atoms with Gasteiger partial charge in [-0.2, -0.15) is 4.31 Å². The first-order valence-electron chi connectivity index (χ1n) is 7.93. The highest BCUT2D eigenvalue weighted by Gasteiger charge is 2.31. The second-order valence-corrected chi connectivity index (χ2v) is 10.4. The highest BCUT2D eigenvalue weighted by atomic mass is 32.2. The van der Waals surface area contributed by atoms with Crippen LogP contribution in [0.3, 0.4) is 0 Å². The summed E-state index contributed by atoms with van der Waals surface area (Å²) in [5.41, 5.74) is 0.580. The van der Waals surface area contributed by atoms with Gasteiger partial charge in [0.05, 0.1) is 6.26 Å². The summed E-state index contributed by atoms with van der Waals surface area (Å²) >= 11 is 2.85. The Morgan fingerprint density at radius 1 is 1.27 bits per heavy atom. The fourth-order valence-electron chi connectivity index (χ4n) is 2.08. The summed E-state index contributed by atoms with van der Waals surface area (Å²) in [6.45, 7) is 4.23. The van der Waals surface area contributed by atoms with E-state index in [1.165, 1.54) is 18.4 Å². The van der Waals surface area contributed by atoms with Crippen LogP contribution in [0.25, 0.3) is 0 Å². The van der Waals surface area contributed by atoms with Crippen molar-refractivity contribution in [1.29, 1.82) is 0 Å². The molecule has 26 heavy (non-hydrogen) atoms. The summed E-state index contributed by atoms with van der Waals surface area (Å²) < 4.78 is 25.8. The van der Waals surface area contributed by atoms with Gasteiger partial charge in [-0.05, 0) is 11.5 Å². The van der Waals surface area contributed by atoms with E-state index in [4.69, 9.17) is 0 Å². The second-order valence-electron chi connectivity index (χ2n) is 6.16. The summed E-state index contributed by atoms with van der Waals surface area (Å²) in [5, 5.41) is 11.1. The molecule has 0 aliphatic heterocycles. The Morgan fingerprint density at radius 2 is 1.92 bits per heavy atom. The van der Waals surface area contributed by atoms with E-state index in [1.54, 1.807) is 36.0 Å². The third-order valence-corrected chi connectivity index (χ3v) is 7.08. The largest absolute Gasteiger partial charge is 0.299 e. The fraction of sp³-hybridized carbons (Fsp3) is 0.438. The molecule has 10 heteroatoms. The molecule has 2 rings (SSSR count). The maximum atomic E-state index is 12.8. The van der Waals surface area contributed by atoms with Crippen molar-refractivity contribution >= 4 is 44.2 Å². The topological polar surface area (TPSA) is 92.3 Å². The molecule has 0 aliphatic rings. The number of hydrogen-bond acceptors (Lipinski definition) is 7. The number of hydrogen-bond donors (Lipinski definition) is 1. The summed E-state index contributed by atoms with van der Waals surface area (Å²) in [6, 6.07) is 7.78. The molecule has 2 aromatic rings. The first kappa shape index (κ1) is 20.8. The van der Waals surface area contributed by atoms with Crippen molar-refractivity contribution in [3.8, 4) is 0 Å². The van der Waals surface area contributed by atoms with E-state index in [0.717, 1.165) is 20.7 Å². The molecule has 7 nitrogen and oxygen atoms in total. The Bertz CT molecular complexity index is 837. The highest BCUT2D eigenvalue weighted by molar-refractivity contribution is 8.01. The summed E-state index contributed by atoms with van der Waals surface area (Å²) in [5.74, 6) is 0.958. The SMILES string of the molecule is CC(C)CSc1nnc(NC(=O)C(c2ccccc2)N(C)S(C)(=O)=O)s1. The predicted molar refractivity (Wildman–Crippen MR) is 106 cm³/mol. The number of rotatable bonds is 8. The number of anilines is 1. The lowest BCUT2D eigenvalue weighted by atomic mass is 10.1. The Kier molecular flexibility index (Phi) is 7.16. The quantitative estimate of drug-likeness (QED) is 0.527. The lowest BCUT2D eigenvalue weighted by Gasteiger charge is -2.25. The van der Waals surface area contributed by atoms with Crippen molar-refractivity contribution in [1.82, 2.24) is 14.5 Å². The van der Waals surface area contributed by atoms with Gasteiger partial charge in [-0.1, -0.05) is 67.3 Å². The number of carbonyl (C=O) groups is 1. The minimum absolute atomic E-state index is 0.351. The van der Waals surface area contributed by atoms with Crippen LogP contribution in [0.15, 0.2) is 34.7 Å². The molecule has 142 valence electrons. The smallest absolute Gasteiger partial charge is 0.249 e. The van der Waals surface area contributed by atoms with Crippen molar-refractivity contribution in [2.45, 2.75) is 24.2 Å². The molecule has 1 atom stereocenters. The third kappa shape index (κ3) is 5.76. The molecule has 0 saturated heterocycles. The summed E-state index contributed by atoms with van der Waals surface area (Å²) in [6.07, 6.45) is 1.07. The third-order valence-electron chi connectivity index (χ3n) is 3.43. The average molecular weight is 415 g/mol. The molecule has 1 aromatic carbocycles. The lowest BCUT2D eigenvalue weighted by molar-refractivity contribution is -0.119. The molecule has 0 bridgehead atoms. The molecule has 0 saturated carbocycles. The minimum atomic E-state index is -3.56. The van der Waals surface area contributed by atoms with Gasteiger partial charge in [0.1, 0.15) is 6.04 Å². The van der Waals surface area contributed by atoms with E-state index >= 15 is 0 Å². The van der Waals surface area contributed by atoms with Crippen LogP contribution in [0.1, 0.15) is 25.5 Å². The van der Waals surface area contributed by atoms with Crippen molar-refractivity contribution in [2.24, 2.45) is 5.92 Å². The number of carbonyl (C=O) groups excluding carboxylic acids is 1. The molecule has 0 aliphatic carbocycles. The van der Waals surface area contributed by atoms with Crippen LogP contribution in [0.2, 0.25) is 0 Å². The van der Waals surface area contributed by atoms with Crippen LogP contribution in [0.4, 0.5) is 5.13 Å². The normalized spacial score (nSPS) is 13.2. The van der Waals surface area contributed by atoms with Gasteiger partial charge in [0, 0.05) is 12.8 Å². The Hall–Kier alpha value is -1.49. The zero-order chi connectivity index (χ0) is 19.3. The van der Waals surface area contributed by atoms with Gasteiger partial charge in [0.15, 0.2) is 4.34 Å². The van der Waals surface area contributed by atoms with Crippen LogP contribution in [0.5, 0.6) is 0 Å². The molecule has 0 spiro atoms. The van der Waals surface area contributed by atoms with E-state index in [-0.39, 0.29) is 0 Å². The fourth-order valence-corrected chi connectivity index (χ4v) is 4.42. The molecule has 1 heterocycles. The number of likely N-dealkylation sites (N-methyl/N-ethyl adjacent to an activating group) is 1. The molecule has 1 amide bonds. The maximum Gasteiger partial charge on any atom is 0.249 e. The molecule has 0 fully saturated rings. The Morgan fingerprint density at radius 3 is 2.50 bits per heavy atom. The van der Waals surface area contributed by atoms with E-state index in [2.05, 4.69) is 29.4 Å². The first-order valence-corrected chi connectivity index (χ1v) is 11.6. The van der Waals surface area contributed by atoms with Crippen LogP contribution < -0.4 is 5.32 Å². The van der Waals surface area contributed by atoms with Gasteiger partial charge < -0.3 is 0 Å². The number of nitrogens with one attached hydrogen (secondary N) is 1. The average Bonchev–Trinajstić information content (AvgIpc) is 3.00. The van der Waals surface area contributed by atoms with Gasteiger partial charge in [-0.25, -0.2) is 8.42 Å². The second kappa shape index (κ2) is 8.94. The number of nitrogens with zero attached hydrogens (tertiary/aromatic N) is 3. The molecule has 1 unspecified atom stereocenters. The van der Waals surface area contributed by atoms with E-state index in [0.29, 0.717) is 16.6 Å². The lowest BCUT2D eigenvalue weighted by Crippen LogP contribution is -2.38. The van der Waals surface area contributed by atoms with Gasteiger partial charge in [0.25, 0.3) is 0 Å². The molecular formula is C16H22N4O3S3. The predicted octanol–water partition coefficient (Wildman–Crippen LogP) is 2.86. The summed E-state index contributed by atoms with van der Waals surface area (Å²) in [4.78, 5) is 12.8. The molecular weight excluding hydrogens is 392 g/mol. The number of amides is 1. The van der Waals surface area contributed by atoms with Gasteiger partial charge in [-0.3, -0.25) is 10.1 Å². The van der Waals surface area contributed by atoms with Crippen molar-refractivity contribution in [3.63, 3.8) is 0 Å². The Labute approximate surface area is 162 Å². The maximum absolute atomic E-state index is 12.8. The Balaban J connectivity index is 2.19. The van der Waals surface area contributed by atoms with Gasteiger partial charge in [-0.15, -0.1) is 10.2 Å². The van der Waals surface area contributed by atoms with Crippen LogP contribution in [-0.4, -0.2) is 47.9 Å². The van der Waals surface area contributed by atoms with Crippen LogP contribution in [-0.2, 0) is 14.8 Å². The van der Waals surface area contributed by atoms with Crippen molar-refractivity contribution in [3.05, 3.63) is 35.9 Å². The standard InChI is InChI=1S/C16H22N4O3S3/c1-11(2)10-24-16-19-18-15(25-16)17-14(21)13(20(3)26(4,22)23)12-8-6-5-7-9-12/h5-9,11,13H,10H2,1-4H3,(H,17,18,21). The number of thioether (sulfide) groups is 1. The van der Waals surface area contributed by atoms with E-state index < -0.39 is 22.0 Å². The molecule has 1 aromatic heterocycles. The first-order chi connectivity index (χ1) is 12.2. The number of benzene rings is 1. The zero-order valence-corrected chi connectivity index (χ0v) is 17.5. The van der Waals surface area contributed by atoms with Crippen molar-refractivity contribution < 1.29 is 13.2 Å². The van der Waals surface area contributed by atoms with E-state index in [1.807, 2.05) is 6.07 Å².